The average Bonchev–Trinajstić information content (AvgIpc) is 2.90. The van der Waals surface area contributed by atoms with Gasteiger partial charge in [-0.15, -0.1) is 0 Å². The predicted octanol–water partition coefficient (Wildman–Crippen LogP) is 3.57. The van der Waals surface area contributed by atoms with Gasteiger partial charge in [0.15, 0.2) is 0 Å². The van der Waals surface area contributed by atoms with E-state index in [1.54, 1.807) is 0 Å². The first-order chi connectivity index (χ1) is 9.20. The SMILES string of the molecule is O=C(O)c1cc(-c2ccc(C=CCCBr)cc2)n[nH]1. The van der Waals surface area contributed by atoms with Crippen molar-refractivity contribution in [3.63, 3.8) is 0 Å². The summed E-state index contributed by atoms with van der Waals surface area (Å²) in [6, 6.07) is 9.34. The van der Waals surface area contributed by atoms with Crippen molar-refractivity contribution in [1.82, 2.24) is 10.2 Å². The molecule has 4 nitrogen and oxygen atoms in total. The summed E-state index contributed by atoms with van der Waals surface area (Å²) >= 11 is 3.37. The van der Waals surface area contributed by atoms with Gasteiger partial charge in [-0.25, -0.2) is 4.79 Å². The van der Waals surface area contributed by atoms with Crippen LogP contribution in [0.1, 0.15) is 22.5 Å². The van der Waals surface area contributed by atoms with Gasteiger partial charge in [0, 0.05) is 10.9 Å². The molecule has 0 spiro atoms. The lowest BCUT2D eigenvalue weighted by Gasteiger charge is -1.97. The van der Waals surface area contributed by atoms with E-state index in [1.165, 1.54) is 6.07 Å². The molecule has 1 heterocycles. The van der Waals surface area contributed by atoms with E-state index >= 15 is 0 Å². The van der Waals surface area contributed by atoms with Crippen molar-refractivity contribution < 1.29 is 9.90 Å². The maximum absolute atomic E-state index is 10.8. The van der Waals surface area contributed by atoms with Crippen LogP contribution in [-0.2, 0) is 0 Å². The fourth-order valence-corrected chi connectivity index (χ4v) is 1.89. The number of benzene rings is 1. The van der Waals surface area contributed by atoms with Crippen LogP contribution in [0, 0.1) is 0 Å². The minimum absolute atomic E-state index is 0.0938. The number of hydrogen-bond donors (Lipinski definition) is 2. The molecule has 19 heavy (non-hydrogen) atoms. The lowest BCUT2D eigenvalue weighted by molar-refractivity contribution is 0.0690. The van der Waals surface area contributed by atoms with Crippen LogP contribution >= 0.6 is 15.9 Å². The third kappa shape index (κ3) is 3.54. The van der Waals surface area contributed by atoms with Gasteiger partial charge in [0.25, 0.3) is 0 Å². The molecule has 0 bridgehead atoms. The summed E-state index contributed by atoms with van der Waals surface area (Å²) in [7, 11) is 0. The maximum atomic E-state index is 10.8. The average molecular weight is 321 g/mol. The van der Waals surface area contributed by atoms with Gasteiger partial charge in [-0.3, -0.25) is 5.10 Å². The Morgan fingerprint density at radius 2 is 2.11 bits per heavy atom. The molecule has 0 unspecified atom stereocenters. The first-order valence-corrected chi connectivity index (χ1v) is 6.94. The van der Waals surface area contributed by atoms with Crippen LogP contribution in [0.3, 0.4) is 0 Å². The first kappa shape index (κ1) is 13.5. The molecular formula is C14H13BrN2O2. The van der Waals surface area contributed by atoms with Crippen molar-refractivity contribution in [3.05, 3.63) is 47.7 Å². The number of H-pyrrole nitrogens is 1. The highest BCUT2D eigenvalue weighted by Crippen LogP contribution is 2.19. The number of hydrogen-bond acceptors (Lipinski definition) is 2. The molecule has 2 N–H and O–H groups in total. The quantitative estimate of drug-likeness (QED) is 0.827. The molecule has 1 aromatic carbocycles. The van der Waals surface area contributed by atoms with Crippen molar-refractivity contribution >= 4 is 28.0 Å². The van der Waals surface area contributed by atoms with Gasteiger partial charge in [0.05, 0.1) is 5.69 Å². The minimum Gasteiger partial charge on any atom is -0.477 e. The monoisotopic (exact) mass is 320 g/mol. The highest BCUT2D eigenvalue weighted by atomic mass is 79.9. The van der Waals surface area contributed by atoms with Gasteiger partial charge in [-0.2, -0.15) is 5.10 Å². The van der Waals surface area contributed by atoms with Gasteiger partial charge < -0.3 is 5.11 Å². The van der Waals surface area contributed by atoms with E-state index in [4.69, 9.17) is 5.11 Å². The number of carbonyl (C=O) groups is 1. The Labute approximate surface area is 119 Å². The molecule has 0 aliphatic carbocycles. The van der Waals surface area contributed by atoms with Gasteiger partial charge in [0.1, 0.15) is 5.69 Å². The van der Waals surface area contributed by atoms with E-state index in [-0.39, 0.29) is 5.69 Å². The molecular weight excluding hydrogens is 308 g/mol. The van der Waals surface area contributed by atoms with Crippen molar-refractivity contribution in [1.29, 1.82) is 0 Å². The molecule has 0 amide bonds. The zero-order valence-electron chi connectivity index (χ0n) is 10.1. The lowest BCUT2D eigenvalue weighted by atomic mass is 10.1. The fourth-order valence-electron chi connectivity index (χ4n) is 1.63. The number of aromatic amines is 1. The second-order valence-electron chi connectivity index (χ2n) is 3.97. The molecule has 2 rings (SSSR count). The Kier molecular flexibility index (Phi) is 4.52. The van der Waals surface area contributed by atoms with E-state index in [0.29, 0.717) is 5.69 Å². The fraction of sp³-hybridized carbons (Fsp3) is 0.143. The van der Waals surface area contributed by atoms with Crippen LogP contribution in [-0.4, -0.2) is 26.6 Å². The number of rotatable bonds is 5. The van der Waals surface area contributed by atoms with Crippen molar-refractivity contribution in [2.45, 2.75) is 6.42 Å². The van der Waals surface area contributed by atoms with Gasteiger partial charge in [0.2, 0.25) is 0 Å². The topological polar surface area (TPSA) is 66.0 Å². The highest BCUT2D eigenvalue weighted by Gasteiger charge is 2.08. The zero-order valence-corrected chi connectivity index (χ0v) is 11.7. The van der Waals surface area contributed by atoms with Gasteiger partial charge in [-0.1, -0.05) is 52.3 Å². The Hall–Kier alpha value is -1.88. The van der Waals surface area contributed by atoms with E-state index in [1.807, 2.05) is 24.3 Å². The van der Waals surface area contributed by atoms with Gasteiger partial charge >= 0.3 is 5.97 Å². The maximum Gasteiger partial charge on any atom is 0.353 e. The summed E-state index contributed by atoms with van der Waals surface area (Å²) in [6.07, 6.45) is 5.14. The third-order valence-corrected chi connectivity index (χ3v) is 3.06. The van der Waals surface area contributed by atoms with Crippen LogP contribution in [0.5, 0.6) is 0 Å². The number of halogens is 1. The molecule has 0 saturated heterocycles. The van der Waals surface area contributed by atoms with Gasteiger partial charge in [-0.05, 0) is 18.1 Å². The smallest absolute Gasteiger partial charge is 0.353 e. The predicted molar refractivity (Wildman–Crippen MR) is 78.4 cm³/mol. The molecule has 0 atom stereocenters. The molecule has 1 aromatic heterocycles. The summed E-state index contributed by atoms with van der Waals surface area (Å²) in [5.41, 5.74) is 2.73. The number of carboxylic acids is 1. The Balaban J connectivity index is 2.15. The van der Waals surface area contributed by atoms with E-state index < -0.39 is 5.97 Å². The van der Waals surface area contributed by atoms with Crippen molar-refractivity contribution in [2.24, 2.45) is 0 Å². The molecule has 0 aliphatic rings. The normalized spacial score (nSPS) is 11.0. The number of nitrogens with zero attached hydrogens (tertiary/aromatic N) is 1. The van der Waals surface area contributed by atoms with E-state index in [0.717, 1.165) is 22.9 Å². The summed E-state index contributed by atoms with van der Waals surface area (Å²) in [6.45, 7) is 0. The molecule has 0 saturated carbocycles. The summed E-state index contributed by atoms with van der Waals surface area (Å²) < 4.78 is 0. The number of nitrogens with one attached hydrogen (secondary N) is 1. The summed E-state index contributed by atoms with van der Waals surface area (Å²) in [5.74, 6) is -1.01. The largest absolute Gasteiger partial charge is 0.477 e. The summed E-state index contributed by atoms with van der Waals surface area (Å²) in [4.78, 5) is 10.8. The Morgan fingerprint density at radius 3 is 2.68 bits per heavy atom. The van der Waals surface area contributed by atoms with Crippen LogP contribution in [0.4, 0.5) is 0 Å². The second-order valence-corrected chi connectivity index (χ2v) is 4.77. The number of carboxylic acid groups (broad SMARTS) is 1. The highest BCUT2D eigenvalue weighted by molar-refractivity contribution is 9.09. The number of aromatic carboxylic acids is 1. The molecule has 0 radical (unpaired) electrons. The van der Waals surface area contributed by atoms with Crippen molar-refractivity contribution in [3.8, 4) is 11.3 Å². The Bertz CT molecular complexity index is 588. The zero-order chi connectivity index (χ0) is 13.7. The van der Waals surface area contributed by atoms with Crippen LogP contribution < -0.4 is 0 Å². The van der Waals surface area contributed by atoms with Crippen LogP contribution in [0.2, 0.25) is 0 Å². The number of aromatic nitrogens is 2. The molecule has 0 aliphatic heterocycles. The summed E-state index contributed by atoms with van der Waals surface area (Å²) in [5, 5.41) is 16.3. The molecule has 0 fully saturated rings. The van der Waals surface area contributed by atoms with E-state index in [9.17, 15) is 4.79 Å². The minimum atomic E-state index is -1.01. The molecule has 2 aromatic rings. The van der Waals surface area contributed by atoms with Crippen molar-refractivity contribution in [2.75, 3.05) is 5.33 Å². The Morgan fingerprint density at radius 1 is 1.37 bits per heavy atom. The van der Waals surface area contributed by atoms with E-state index in [2.05, 4.69) is 38.3 Å². The van der Waals surface area contributed by atoms with Crippen LogP contribution in [0.15, 0.2) is 36.4 Å². The first-order valence-electron chi connectivity index (χ1n) is 5.82. The third-order valence-electron chi connectivity index (χ3n) is 2.60. The number of allylic oxidation sites excluding steroid dienone is 1. The number of alkyl halides is 1. The lowest BCUT2D eigenvalue weighted by Crippen LogP contribution is -1.95. The second kappa shape index (κ2) is 6.33. The standard InChI is InChI=1S/C14H13BrN2O2/c15-8-2-1-3-10-4-6-11(7-5-10)12-9-13(14(18)19)17-16-12/h1,3-7,9H,2,8H2,(H,16,17)(H,18,19). The molecule has 5 heteroatoms. The van der Waals surface area contributed by atoms with Crippen LogP contribution in [0.25, 0.3) is 17.3 Å². The molecule has 98 valence electrons.